The van der Waals surface area contributed by atoms with Crippen molar-refractivity contribution in [3.8, 4) is 0 Å². The Kier molecular flexibility index (Phi) is 11.3. The van der Waals surface area contributed by atoms with E-state index in [4.69, 9.17) is 9.52 Å². The van der Waals surface area contributed by atoms with Crippen LogP contribution >= 0.6 is 0 Å². The minimum absolute atomic E-state index is 0.00300. The van der Waals surface area contributed by atoms with Gasteiger partial charge in [-0.3, -0.25) is 24.0 Å². The fraction of sp³-hybridized carbons (Fsp3) is 0.409. The van der Waals surface area contributed by atoms with Gasteiger partial charge >= 0.3 is 11.2 Å². The van der Waals surface area contributed by atoms with Crippen LogP contribution in [0.15, 0.2) is 40.0 Å². The topological polar surface area (TPSA) is 227 Å². The van der Waals surface area contributed by atoms with E-state index in [0.717, 1.165) is 11.8 Å². The summed E-state index contributed by atoms with van der Waals surface area (Å²) in [6, 6.07) is 7.68. The van der Waals surface area contributed by atoms with E-state index in [9.17, 15) is 32.4 Å². The van der Waals surface area contributed by atoms with Crippen molar-refractivity contribution >= 4 is 39.4 Å². The van der Waals surface area contributed by atoms with Crippen molar-refractivity contribution in [3.63, 3.8) is 0 Å². The van der Waals surface area contributed by atoms with Crippen LogP contribution in [0.1, 0.15) is 24.3 Å². The third kappa shape index (κ3) is 11.2. The van der Waals surface area contributed by atoms with Crippen molar-refractivity contribution in [1.82, 2.24) is 31.5 Å². The first-order valence-electron chi connectivity index (χ1n) is 11.3. The molecule has 206 valence electrons. The third-order valence-corrected chi connectivity index (χ3v) is 5.60. The molecule has 0 radical (unpaired) electrons. The Morgan fingerprint density at radius 2 is 1.58 bits per heavy atom. The summed E-state index contributed by atoms with van der Waals surface area (Å²) >= 11 is 0. The van der Waals surface area contributed by atoms with Crippen molar-refractivity contribution in [2.75, 3.05) is 25.9 Å². The smallest absolute Gasteiger partial charge is 0.335 e. The van der Waals surface area contributed by atoms with E-state index in [0.29, 0.717) is 0 Å². The van der Waals surface area contributed by atoms with Gasteiger partial charge in [-0.15, -0.1) is 5.10 Å². The minimum atomic E-state index is -3.62. The van der Waals surface area contributed by atoms with Crippen molar-refractivity contribution < 1.29 is 41.9 Å². The quantitative estimate of drug-likeness (QED) is 0.162. The number of carboxylic acids is 1. The zero-order valence-electron chi connectivity index (χ0n) is 20.4. The molecule has 0 aliphatic heterocycles. The van der Waals surface area contributed by atoms with E-state index in [1.54, 1.807) is 30.3 Å². The van der Waals surface area contributed by atoms with E-state index >= 15 is 0 Å². The van der Waals surface area contributed by atoms with Crippen molar-refractivity contribution in [3.05, 3.63) is 41.8 Å². The van der Waals surface area contributed by atoms with Gasteiger partial charge in [0, 0.05) is 25.5 Å². The predicted octanol–water partition coefficient (Wildman–Crippen LogP) is -2.04. The second-order valence-electron chi connectivity index (χ2n) is 8.06. The van der Waals surface area contributed by atoms with Gasteiger partial charge in [0.05, 0.1) is 13.1 Å². The zero-order valence-corrected chi connectivity index (χ0v) is 21.2. The number of nitrogens with zero attached hydrogens (tertiary/aromatic N) is 2. The molecule has 16 heteroatoms. The van der Waals surface area contributed by atoms with Gasteiger partial charge in [0.1, 0.15) is 12.6 Å². The van der Waals surface area contributed by atoms with Crippen LogP contribution in [0, 0.1) is 0 Å². The number of aryl methyl sites for hydroxylation is 1. The van der Waals surface area contributed by atoms with Gasteiger partial charge in [-0.1, -0.05) is 35.4 Å². The Morgan fingerprint density at radius 1 is 0.921 bits per heavy atom. The molecule has 0 aliphatic carbocycles. The molecule has 0 bridgehead atoms. The number of aliphatic carboxylic acids is 1. The Morgan fingerprint density at radius 3 is 2.21 bits per heavy atom. The van der Waals surface area contributed by atoms with Crippen LogP contribution in [0.5, 0.6) is 0 Å². The number of nitrogens with one attached hydrogen (secondary N) is 4. The molecule has 15 nitrogen and oxygen atoms in total. The molecule has 38 heavy (non-hydrogen) atoms. The van der Waals surface area contributed by atoms with Gasteiger partial charge in [0.2, 0.25) is 39.4 Å². The lowest BCUT2D eigenvalue weighted by molar-refractivity contribution is -0.138. The molecule has 0 fully saturated rings. The predicted molar refractivity (Wildman–Crippen MR) is 129 cm³/mol. The van der Waals surface area contributed by atoms with Crippen LogP contribution < -0.4 is 21.3 Å². The molecule has 1 atom stereocenters. The van der Waals surface area contributed by atoms with Crippen LogP contribution in [-0.4, -0.2) is 85.3 Å². The van der Waals surface area contributed by atoms with E-state index in [-0.39, 0.29) is 31.6 Å². The van der Waals surface area contributed by atoms with Gasteiger partial charge in [0.15, 0.2) is 0 Å². The maximum Gasteiger partial charge on any atom is 0.335 e. The summed E-state index contributed by atoms with van der Waals surface area (Å²) in [6.45, 7) is -1.50. The number of aromatic nitrogens is 2. The molecule has 1 aromatic heterocycles. The molecule has 1 heterocycles. The Balaban J connectivity index is 1.73. The molecular formula is C22H28N6O9S. The largest absolute Gasteiger partial charge is 0.480 e. The molecular weight excluding hydrogens is 524 g/mol. The molecule has 2 rings (SSSR count). The fourth-order valence-corrected chi connectivity index (χ4v) is 3.42. The molecule has 0 saturated carbocycles. The number of hydrogen-bond donors (Lipinski definition) is 5. The molecule has 0 saturated heterocycles. The lowest BCUT2D eigenvalue weighted by Crippen LogP contribution is -2.51. The highest BCUT2D eigenvalue weighted by molar-refractivity contribution is 7.90. The van der Waals surface area contributed by atoms with Crippen molar-refractivity contribution in [2.45, 2.75) is 36.9 Å². The molecule has 1 aromatic carbocycles. The number of benzene rings is 1. The number of hydrogen-bond acceptors (Lipinski definition) is 10. The molecule has 4 amide bonds. The van der Waals surface area contributed by atoms with E-state index in [2.05, 4.69) is 31.5 Å². The average Bonchev–Trinajstić information content (AvgIpc) is 3.34. The van der Waals surface area contributed by atoms with Crippen molar-refractivity contribution in [2.24, 2.45) is 0 Å². The van der Waals surface area contributed by atoms with Crippen molar-refractivity contribution in [1.29, 1.82) is 0 Å². The second kappa shape index (κ2) is 14.4. The van der Waals surface area contributed by atoms with Gasteiger partial charge in [-0.05, 0) is 12.0 Å². The Labute approximate surface area is 217 Å². The summed E-state index contributed by atoms with van der Waals surface area (Å²) < 4.78 is 27.6. The molecule has 5 N–H and O–H groups in total. The maximum atomic E-state index is 12.4. The summed E-state index contributed by atoms with van der Waals surface area (Å²) in [7, 11) is -3.62. The summed E-state index contributed by atoms with van der Waals surface area (Å²) in [5, 5.41) is 24.6. The monoisotopic (exact) mass is 552 g/mol. The summed E-state index contributed by atoms with van der Waals surface area (Å²) in [4.78, 5) is 59.3. The SMILES string of the molecule is CS(=O)(=O)c1nnc(CCCC(=O)NCC(=O)NCC(=O)N[C@@H](Cc2ccccc2)C(=O)NCC(=O)O)o1. The number of carboxylic acid groups (broad SMARTS) is 1. The van der Waals surface area contributed by atoms with Gasteiger partial charge in [-0.25, -0.2) is 8.42 Å². The molecule has 0 unspecified atom stereocenters. The van der Waals surface area contributed by atoms with Gasteiger partial charge < -0.3 is 30.8 Å². The van der Waals surface area contributed by atoms with Crippen LogP contribution in [0.3, 0.4) is 0 Å². The third-order valence-electron chi connectivity index (χ3n) is 4.80. The Hall–Kier alpha value is -4.34. The standard InChI is InChI=1S/C22H28N6O9S/c1-38(35,36)22-28-27-19(37-22)9-5-8-16(29)23-11-17(30)24-12-18(31)26-15(21(34)25-13-20(32)33)10-14-6-3-2-4-7-14/h2-4,6-7,15H,5,8-13H2,1H3,(H,23,29)(H,24,30)(H,25,34)(H,26,31)(H,32,33)/t15-/m0/s1. The molecule has 0 aliphatic rings. The van der Waals surface area contributed by atoms with Crippen LogP contribution in [0.2, 0.25) is 0 Å². The normalized spacial score (nSPS) is 11.7. The highest BCUT2D eigenvalue weighted by atomic mass is 32.2. The first-order chi connectivity index (χ1) is 17.9. The summed E-state index contributed by atoms with van der Waals surface area (Å²) in [6.07, 6.45) is 1.44. The van der Waals surface area contributed by atoms with Gasteiger partial charge in [0.25, 0.3) is 0 Å². The number of rotatable bonds is 15. The lowest BCUT2D eigenvalue weighted by atomic mass is 10.1. The van der Waals surface area contributed by atoms with Crippen LogP contribution in [0.25, 0.3) is 0 Å². The van der Waals surface area contributed by atoms with Crippen LogP contribution in [-0.2, 0) is 46.7 Å². The second-order valence-corrected chi connectivity index (χ2v) is 9.96. The highest BCUT2D eigenvalue weighted by Crippen LogP contribution is 2.09. The van der Waals surface area contributed by atoms with E-state index in [1.807, 2.05) is 0 Å². The van der Waals surface area contributed by atoms with E-state index in [1.165, 1.54) is 0 Å². The maximum absolute atomic E-state index is 12.4. The number of sulfone groups is 1. The lowest BCUT2D eigenvalue weighted by Gasteiger charge is -2.18. The number of amides is 4. The molecule has 2 aromatic rings. The Bertz CT molecular complexity index is 1250. The average molecular weight is 553 g/mol. The number of carbonyl (C=O) groups is 5. The highest BCUT2D eigenvalue weighted by Gasteiger charge is 2.22. The zero-order chi connectivity index (χ0) is 28.1. The summed E-state index contributed by atoms with van der Waals surface area (Å²) in [5.41, 5.74) is 0.727. The van der Waals surface area contributed by atoms with Crippen LogP contribution in [0.4, 0.5) is 0 Å². The first kappa shape index (κ1) is 29.9. The minimum Gasteiger partial charge on any atom is -0.480 e. The fourth-order valence-electron chi connectivity index (χ4n) is 2.99. The van der Waals surface area contributed by atoms with Gasteiger partial charge in [-0.2, -0.15) is 0 Å². The number of carbonyl (C=O) groups excluding carboxylic acids is 4. The van der Waals surface area contributed by atoms with E-state index < -0.39 is 70.3 Å². The first-order valence-corrected chi connectivity index (χ1v) is 13.2. The summed E-state index contributed by atoms with van der Waals surface area (Å²) in [5.74, 6) is -3.69. The molecule has 0 spiro atoms.